The van der Waals surface area contributed by atoms with E-state index < -0.39 is 0 Å². The van der Waals surface area contributed by atoms with Crippen molar-refractivity contribution in [1.82, 2.24) is 14.8 Å². The van der Waals surface area contributed by atoms with E-state index in [1.54, 1.807) is 0 Å². The molecular weight excluding hydrogens is 298 g/mol. The molecule has 0 radical (unpaired) electrons. The fraction of sp³-hybridized carbons (Fsp3) is 0.353. The molecule has 1 aromatic heterocycles. The molecule has 0 aliphatic carbocycles. The molecule has 116 valence electrons. The van der Waals surface area contributed by atoms with Crippen LogP contribution in [0.1, 0.15) is 24.2 Å². The Morgan fingerprint density at radius 1 is 1.27 bits per heavy atom. The highest BCUT2D eigenvalue weighted by atomic mass is 35.5. The Hall–Kier alpha value is -1.78. The molecule has 0 unspecified atom stereocenters. The predicted molar refractivity (Wildman–Crippen MR) is 88.0 cm³/mol. The predicted octanol–water partition coefficient (Wildman–Crippen LogP) is 2.68. The van der Waals surface area contributed by atoms with Crippen molar-refractivity contribution in [2.24, 2.45) is 0 Å². The molecule has 0 bridgehead atoms. The van der Waals surface area contributed by atoms with Crippen molar-refractivity contribution in [1.29, 1.82) is 0 Å². The lowest BCUT2D eigenvalue weighted by atomic mass is 10.00. The van der Waals surface area contributed by atoms with Crippen LogP contribution < -0.4 is 5.32 Å². The molecule has 1 amide bonds. The zero-order chi connectivity index (χ0) is 15.5. The van der Waals surface area contributed by atoms with E-state index in [0.29, 0.717) is 11.6 Å². The summed E-state index contributed by atoms with van der Waals surface area (Å²) < 4.78 is 2.22. The van der Waals surface area contributed by atoms with Crippen molar-refractivity contribution in [2.45, 2.75) is 19.5 Å². The highest BCUT2D eigenvalue weighted by Crippen LogP contribution is 2.32. The molecule has 22 heavy (non-hydrogen) atoms. The van der Waals surface area contributed by atoms with Crippen molar-refractivity contribution in [3.8, 4) is 0 Å². The van der Waals surface area contributed by atoms with E-state index in [4.69, 9.17) is 11.6 Å². The van der Waals surface area contributed by atoms with Crippen LogP contribution in [0, 0.1) is 0 Å². The average Bonchev–Trinajstić information content (AvgIpc) is 3.01. The largest absolute Gasteiger partial charge is 0.348 e. The van der Waals surface area contributed by atoms with Gasteiger partial charge in [0.05, 0.1) is 12.6 Å². The number of carbonyl (C=O) groups is 1. The maximum Gasteiger partial charge on any atom is 0.237 e. The molecule has 0 saturated carbocycles. The number of aromatic nitrogens is 1. The first-order valence-corrected chi connectivity index (χ1v) is 7.99. The number of likely N-dealkylation sites (N-methyl/N-ethyl adjacent to an activating group) is 1. The van der Waals surface area contributed by atoms with Crippen LogP contribution in [0.2, 0.25) is 5.02 Å². The van der Waals surface area contributed by atoms with Gasteiger partial charge in [0.1, 0.15) is 0 Å². The number of carbonyl (C=O) groups excluding carboxylic acids is 1. The molecule has 1 aliphatic heterocycles. The van der Waals surface area contributed by atoms with E-state index in [9.17, 15) is 4.79 Å². The number of benzene rings is 1. The summed E-state index contributed by atoms with van der Waals surface area (Å²) in [5, 5.41) is 3.83. The van der Waals surface area contributed by atoms with Crippen molar-refractivity contribution in [3.63, 3.8) is 0 Å². The summed E-state index contributed by atoms with van der Waals surface area (Å²) in [5.74, 6) is 0.134. The van der Waals surface area contributed by atoms with E-state index in [1.807, 2.05) is 42.2 Å². The van der Waals surface area contributed by atoms with Crippen LogP contribution >= 0.6 is 11.6 Å². The summed E-state index contributed by atoms with van der Waals surface area (Å²) in [5.41, 5.74) is 2.24. The minimum absolute atomic E-state index is 0.0489. The molecule has 2 aromatic rings. The van der Waals surface area contributed by atoms with Crippen LogP contribution in [0.4, 0.5) is 0 Å². The van der Waals surface area contributed by atoms with Crippen LogP contribution in [0.25, 0.3) is 0 Å². The van der Waals surface area contributed by atoms with Crippen LogP contribution in [0.15, 0.2) is 42.6 Å². The van der Waals surface area contributed by atoms with Crippen LogP contribution in [0.3, 0.4) is 0 Å². The Bertz CT molecular complexity index is 650. The zero-order valence-corrected chi connectivity index (χ0v) is 13.4. The number of amides is 1. The summed E-state index contributed by atoms with van der Waals surface area (Å²) in [6.07, 6.45) is 2.07. The second-order valence-corrected chi connectivity index (χ2v) is 5.88. The van der Waals surface area contributed by atoms with Crippen molar-refractivity contribution >= 4 is 17.5 Å². The van der Waals surface area contributed by atoms with E-state index in [2.05, 4.69) is 22.1 Å². The SMILES string of the molecule is CCNCC(=O)N1CCn2cccc2[C@@H]1c1ccc(Cl)cc1. The molecule has 2 heterocycles. The highest BCUT2D eigenvalue weighted by molar-refractivity contribution is 6.30. The zero-order valence-electron chi connectivity index (χ0n) is 12.6. The van der Waals surface area contributed by atoms with Gasteiger partial charge in [0, 0.05) is 30.0 Å². The summed E-state index contributed by atoms with van der Waals surface area (Å²) in [7, 11) is 0. The quantitative estimate of drug-likeness (QED) is 0.941. The lowest BCUT2D eigenvalue weighted by Crippen LogP contribution is -2.45. The van der Waals surface area contributed by atoms with Crippen LogP contribution in [-0.2, 0) is 11.3 Å². The third-order valence-corrected chi connectivity index (χ3v) is 4.32. The summed E-state index contributed by atoms with van der Waals surface area (Å²) in [4.78, 5) is 14.5. The Morgan fingerprint density at radius 2 is 2.05 bits per heavy atom. The smallest absolute Gasteiger partial charge is 0.237 e. The maximum absolute atomic E-state index is 12.6. The fourth-order valence-corrected chi connectivity index (χ4v) is 3.11. The van der Waals surface area contributed by atoms with E-state index >= 15 is 0 Å². The molecular formula is C17H20ClN3O. The number of hydrogen-bond acceptors (Lipinski definition) is 2. The molecule has 5 heteroatoms. The Kier molecular flexibility index (Phi) is 4.50. The topological polar surface area (TPSA) is 37.3 Å². The lowest BCUT2D eigenvalue weighted by molar-refractivity contribution is -0.132. The number of halogens is 1. The van der Waals surface area contributed by atoms with Gasteiger partial charge in [-0.2, -0.15) is 0 Å². The van der Waals surface area contributed by atoms with Crippen molar-refractivity contribution in [3.05, 3.63) is 58.9 Å². The van der Waals surface area contributed by atoms with Gasteiger partial charge in [-0.25, -0.2) is 0 Å². The third-order valence-electron chi connectivity index (χ3n) is 4.07. The molecule has 4 nitrogen and oxygen atoms in total. The number of fused-ring (bicyclic) bond motifs is 1. The molecule has 1 aliphatic rings. The molecule has 1 aromatic carbocycles. The average molecular weight is 318 g/mol. The second kappa shape index (κ2) is 6.55. The van der Waals surface area contributed by atoms with Gasteiger partial charge in [-0.1, -0.05) is 30.7 Å². The maximum atomic E-state index is 12.6. The lowest BCUT2D eigenvalue weighted by Gasteiger charge is -2.37. The molecule has 1 N–H and O–H groups in total. The second-order valence-electron chi connectivity index (χ2n) is 5.45. The summed E-state index contributed by atoms with van der Waals surface area (Å²) >= 11 is 6.00. The number of nitrogens with one attached hydrogen (secondary N) is 1. The first kappa shape index (κ1) is 15.1. The van der Waals surface area contributed by atoms with Gasteiger partial charge in [0.25, 0.3) is 0 Å². The first-order chi connectivity index (χ1) is 10.7. The van der Waals surface area contributed by atoms with Gasteiger partial charge in [0.2, 0.25) is 5.91 Å². The minimum atomic E-state index is -0.0489. The van der Waals surface area contributed by atoms with Gasteiger partial charge in [0.15, 0.2) is 0 Å². The normalized spacial score (nSPS) is 17.4. The minimum Gasteiger partial charge on any atom is -0.348 e. The molecule has 0 saturated heterocycles. The molecule has 0 fully saturated rings. The fourth-order valence-electron chi connectivity index (χ4n) is 2.98. The van der Waals surface area contributed by atoms with E-state index in [0.717, 1.165) is 30.9 Å². The van der Waals surface area contributed by atoms with Crippen LogP contribution in [0.5, 0.6) is 0 Å². The van der Waals surface area contributed by atoms with Gasteiger partial charge < -0.3 is 14.8 Å². The monoisotopic (exact) mass is 317 g/mol. The molecule has 0 spiro atoms. The van der Waals surface area contributed by atoms with Gasteiger partial charge >= 0.3 is 0 Å². The Labute approximate surface area is 135 Å². The number of rotatable bonds is 4. The van der Waals surface area contributed by atoms with E-state index in [-0.39, 0.29) is 11.9 Å². The highest BCUT2D eigenvalue weighted by Gasteiger charge is 2.31. The van der Waals surface area contributed by atoms with Gasteiger partial charge in [-0.15, -0.1) is 0 Å². The summed E-state index contributed by atoms with van der Waals surface area (Å²) in [6, 6.07) is 11.8. The number of hydrogen-bond donors (Lipinski definition) is 1. The molecule has 1 atom stereocenters. The first-order valence-electron chi connectivity index (χ1n) is 7.61. The molecule has 3 rings (SSSR count). The Balaban J connectivity index is 1.95. The van der Waals surface area contributed by atoms with E-state index in [1.165, 1.54) is 0 Å². The van der Waals surface area contributed by atoms with Crippen molar-refractivity contribution < 1.29 is 4.79 Å². The van der Waals surface area contributed by atoms with Gasteiger partial charge in [-0.05, 0) is 36.4 Å². The number of nitrogens with zero attached hydrogens (tertiary/aromatic N) is 2. The van der Waals surface area contributed by atoms with Crippen LogP contribution in [-0.4, -0.2) is 35.0 Å². The summed E-state index contributed by atoms with van der Waals surface area (Å²) in [6.45, 7) is 4.73. The van der Waals surface area contributed by atoms with Gasteiger partial charge in [-0.3, -0.25) is 4.79 Å². The third kappa shape index (κ3) is 2.89. The Morgan fingerprint density at radius 3 is 2.77 bits per heavy atom. The standard InChI is InChI=1S/C17H20ClN3O/c1-2-19-12-16(22)21-11-10-20-9-3-4-15(20)17(21)13-5-7-14(18)8-6-13/h3-9,17,19H,2,10-12H2,1H3/t17-/m0/s1. The van der Waals surface area contributed by atoms with Crippen molar-refractivity contribution in [2.75, 3.05) is 19.6 Å².